The first-order valence-electron chi connectivity index (χ1n) is 16.2. The summed E-state index contributed by atoms with van der Waals surface area (Å²) in [6, 6.07) is 13.7. The predicted octanol–water partition coefficient (Wildman–Crippen LogP) is 5.00. The van der Waals surface area contributed by atoms with Gasteiger partial charge in [-0.1, -0.05) is 41.6 Å². The Labute approximate surface area is 276 Å². The van der Waals surface area contributed by atoms with E-state index in [0.717, 1.165) is 92.2 Å². The van der Waals surface area contributed by atoms with E-state index in [0.29, 0.717) is 30.6 Å². The van der Waals surface area contributed by atoms with Crippen LogP contribution in [0.5, 0.6) is 0 Å². The highest BCUT2D eigenvalue weighted by Gasteiger charge is 2.27. The summed E-state index contributed by atoms with van der Waals surface area (Å²) in [5.41, 5.74) is 12.6. The van der Waals surface area contributed by atoms with Crippen LogP contribution in [0.4, 0.5) is 4.79 Å². The molecule has 2 amide bonds. The zero-order valence-corrected chi connectivity index (χ0v) is 27.5. The topological polar surface area (TPSA) is 88.6 Å². The minimum absolute atomic E-state index is 0.399. The third-order valence-corrected chi connectivity index (χ3v) is 10.3. The lowest BCUT2D eigenvalue weighted by atomic mass is 9.99. The third-order valence-electron chi connectivity index (χ3n) is 9.01. The molecule has 2 aromatic carbocycles. The maximum atomic E-state index is 12.1. The van der Waals surface area contributed by atoms with Crippen molar-refractivity contribution in [2.24, 2.45) is 11.7 Å². The molecule has 238 valence electrons. The summed E-state index contributed by atoms with van der Waals surface area (Å²) in [4.78, 5) is 16.3. The van der Waals surface area contributed by atoms with Crippen molar-refractivity contribution in [1.82, 2.24) is 24.9 Å². The fourth-order valence-electron chi connectivity index (χ4n) is 6.35. The van der Waals surface area contributed by atoms with E-state index in [1.807, 2.05) is 42.1 Å². The number of ether oxygens (including phenoxy) is 1. The Morgan fingerprint density at radius 3 is 2.64 bits per heavy atom. The lowest BCUT2D eigenvalue weighted by Gasteiger charge is -2.27. The van der Waals surface area contributed by atoms with Gasteiger partial charge in [0, 0.05) is 78.7 Å². The van der Waals surface area contributed by atoms with Crippen molar-refractivity contribution in [2.75, 3.05) is 57.4 Å². The number of piperidine rings is 1. The van der Waals surface area contributed by atoms with Crippen LogP contribution in [0.3, 0.4) is 0 Å². The Kier molecular flexibility index (Phi) is 11.0. The molecule has 10 heteroatoms. The van der Waals surface area contributed by atoms with E-state index in [1.165, 1.54) is 30.0 Å². The number of aryl methyl sites for hydroxylation is 1. The molecule has 45 heavy (non-hydrogen) atoms. The Morgan fingerprint density at radius 2 is 1.87 bits per heavy atom. The van der Waals surface area contributed by atoms with Gasteiger partial charge in [0.15, 0.2) is 0 Å². The first kappa shape index (κ1) is 32.0. The molecule has 0 atom stereocenters. The Balaban J connectivity index is 1.16. The number of rotatable bonds is 9. The average Bonchev–Trinajstić information content (AvgIpc) is 3.43. The van der Waals surface area contributed by atoms with E-state index < -0.39 is 6.03 Å². The van der Waals surface area contributed by atoms with Gasteiger partial charge in [-0.15, -0.1) is 0 Å². The van der Waals surface area contributed by atoms with Gasteiger partial charge in [0.05, 0.1) is 23.9 Å². The number of primary amides is 1. The molecule has 6 rings (SSSR count). The van der Waals surface area contributed by atoms with Crippen molar-refractivity contribution in [3.63, 3.8) is 0 Å². The smallest absolute Gasteiger partial charge is 0.315 e. The van der Waals surface area contributed by atoms with Crippen LogP contribution in [0.1, 0.15) is 47.2 Å². The second-order valence-electron chi connectivity index (χ2n) is 12.2. The molecule has 0 saturated carbocycles. The van der Waals surface area contributed by atoms with Gasteiger partial charge in [-0.05, 0) is 74.6 Å². The minimum atomic E-state index is -0.399. The molecule has 3 aromatic rings. The van der Waals surface area contributed by atoms with Gasteiger partial charge in [0.25, 0.3) is 0 Å². The second kappa shape index (κ2) is 15.5. The zero-order chi connectivity index (χ0) is 31.0. The van der Waals surface area contributed by atoms with Crippen LogP contribution >= 0.6 is 23.4 Å². The normalized spacial score (nSPS) is 17.5. The summed E-state index contributed by atoms with van der Waals surface area (Å²) in [6.45, 7) is 8.92. The number of carbonyl (C=O) groups is 1. The summed E-state index contributed by atoms with van der Waals surface area (Å²) in [6.07, 6.45) is 4.16. The van der Waals surface area contributed by atoms with Crippen LogP contribution in [0.2, 0.25) is 5.02 Å². The third kappa shape index (κ3) is 8.43. The Morgan fingerprint density at radius 1 is 1.07 bits per heavy atom. The lowest BCUT2D eigenvalue weighted by molar-refractivity contribution is 0.0763. The fraction of sp³-hybridized carbons (Fsp3) is 0.486. The van der Waals surface area contributed by atoms with E-state index in [4.69, 9.17) is 27.2 Å². The summed E-state index contributed by atoms with van der Waals surface area (Å²) in [7, 11) is 0. The molecule has 2 saturated heterocycles. The van der Waals surface area contributed by atoms with Gasteiger partial charge in [-0.2, -0.15) is 16.9 Å². The molecule has 0 bridgehead atoms. The standard InChI is InChI=1S/C35H43ClN6O2S/c36-32-9-8-30(22-29(32)7-6-26-2-4-27(5-3-26)24-44-25-28-10-13-38-14-11-28)34-31-23-41(35(37)43)17-12-33(31)42(39-34)16-1-15-40-18-20-45-21-19-40/h2-5,8-9,22,28,38H,1,10-21,23-25H2,(H2,37,43). The molecule has 4 heterocycles. The summed E-state index contributed by atoms with van der Waals surface area (Å²) in [5.74, 6) is 9.65. The number of nitrogens with zero attached hydrogens (tertiary/aromatic N) is 4. The van der Waals surface area contributed by atoms with Crippen molar-refractivity contribution in [3.05, 3.63) is 75.4 Å². The number of benzene rings is 2. The SMILES string of the molecule is NC(=O)N1CCc2c(c(-c3ccc(Cl)c(C#Cc4ccc(COCC5CCNCC5)cc4)c3)nn2CCCN2CCSCC2)C1. The first-order chi connectivity index (χ1) is 22.0. The molecule has 1 aromatic heterocycles. The number of nitrogens with one attached hydrogen (secondary N) is 1. The average molecular weight is 647 g/mol. The molecule has 8 nitrogen and oxygen atoms in total. The van der Waals surface area contributed by atoms with Gasteiger partial charge < -0.3 is 25.6 Å². The van der Waals surface area contributed by atoms with Crippen LogP contribution in [0.25, 0.3) is 11.3 Å². The summed E-state index contributed by atoms with van der Waals surface area (Å²) in [5, 5.41) is 9.10. The number of thioether (sulfide) groups is 1. The number of hydrogen-bond acceptors (Lipinski definition) is 6. The maximum absolute atomic E-state index is 12.1. The highest BCUT2D eigenvalue weighted by molar-refractivity contribution is 7.99. The van der Waals surface area contributed by atoms with E-state index >= 15 is 0 Å². The minimum Gasteiger partial charge on any atom is -0.376 e. The quantitative estimate of drug-likeness (QED) is 0.319. The van der Waals surface area contributed by atoms with E-state index in [1.54, 1.807) is 4.90 Å². The number of nitrogens with two attached hydrogens (primary N) is 1. The van der Waals surface area contributed by atoms with Gasteiger partial charge in [0.1, 0.15) is 0 Å². The van der Waals surface area contributed by atoms with Crippen LogP contribution < -0.4 is 11.1 Å². The largest absolute Gasteiger partial charge is 0.376 e. The fourth-order valence-corrected chi connectivity index (χ4v) is 7.49. The molecular weight excluding hydrogens is 604 g/mol. The first-order valence-corrected chi connectivity index (χ1v) is 17.7. The van der Waals surface area contributed by atoms with Crippen molar-refractivity contribution in [2.45, 2.75) is 45.4 Å². The summed E-state index contributed by atoms with van der Waals surface area (Å²) >= 11 is 8.66. The number of aromatic nitrogens is 2. The number of hydrogen-bond donors (Lipinski definition) is 2. The second-order valence-corrected chi connectivity index (χ2v) is 13.8. The number of amides is 2. The number of fused-ring (bicyclic) bond motifs is 1. The summed E-state index contributed by atoms with van der Waals surface area (Å²) < 4.78 is 8.14. The molecule has 3 aliphatic heterocycles. The molecular formula is C35H43ClN6O2S. The molecule has 2 fully saturated rings. The highest BCUT2D eigenvalue weighted by atomic mass is 35.5. The zero-order valence-electron chi connectivity index (χ0n) is 25.9. The molecule has 0 unspecified atom stereocenters. The van der Waals surface area contributed by atoms with Crippen LogP contribution in [-0.2, 0) is 30.9 Å². The van der Waals surface area contributed by atoms with Crippen LogP contribution in [-0.4, -0.2) is 83.0 Å². The van der Waals surface area contributed by atoms with Crippen molar-refractivity contribution in [3.8, 4) is 23.1 Å². The van der Waals surface area contributed by atoms with Crippen LogP contribution in [0.15, 0.2) is 42.5 Å². The Hall–Kier alpha value is -3.00. The van der Waals surface area contributed by atoms with Crippen molar-refractivity contribution in [1.29, 1.82) is 0 Å². The number of carbonyl (C=O) groups excluding carboxylic acids is 1. The molecule has 0 radical (unpaired) electrons. The van der Waals surface area contributed by atoms with Gasteiger partial charge in [-0.3, -0.25) is 4.68 Å². The van der Waals surface area contributed by atoms with Gasteiger partial charge in [0.2, 0.25) is 0 Å². The predicted molar refractivity (Wildman–Crippen MR) is 182 cm³/mol. The molecule has 3 N–H and O–H groups in total. The number of urea groups is 1. The number of halogens is 1. The molecule has 3 aliphatic rings. The van der Waals surface area contributed by atoms with Gasteiger partial charge >= 0.3 is 6.03 Å². The highest BCUT2D eigenvalue weighted by Crippen LogP contribution is 2.32. The Bertz CT molecular complexity index is 1520. The van der Waals surface area contributed by atoms with E-state index in [-0.39, 0.29) is 0 Å². The lowest BCUT2D eigenvalue weighted by Crippen LogP contribution is -2.39. The molecule has 0 spiro atoms. The maximum Gasteiger partial charge on any atom is 0.315 e. The van der Waals surface area contributed by atoms with Crippen molar-refractivity contribution >= 4 is 29.4 Å². The van der Waals surface area contributed by atoms with Gasteiger partial charge in [-0.25, -0.2) is 4.79 Å². The monoisotopic (exact) mass is 646 g/mol. The molecule has 0 aliphatic carbocycles. The van der Waals surface area contributed by atoms with E-state index in [2.05, 4.69) is 38.9 Å². The van der Waals surface area contributed by atoms with Crippen molar-refractivity contribution < 1.29 is 9.53 Å². The van der Waals surface area contributed by atoms with E-state index in [9.17, 15) is 4.79 Å². The van der Waals surface area contributed by atoms with Crippen LogP contribution in [0, 0.1) is 17.8 Å².